The van der Waals surface area contributed by atoms with Gasteiger partial charge in [-0.05, 0) is 25.1 Å². The van der Waals surface area contributed by atoms with Crippen LogP contribution in [0.1, 0.15) is 17.3 Å². The Kier molecular flexibility index (Phi) is 4.12. The van der Waals surface area contributed by atoms with Gasteiger partial charge in [0.1, 0.15) is 0 Å². The molecule has 0 aliphatic heterocycles. The summed E-state index contributed by atoms with van der Waals surface area (Å²) in [5, 5.41) is 11.9. The van der Waals surface area contributed by atoms with Crippen molar-refractivity contribution in [3.63, 3.8) is 0 Å². The van der Waals surface area contributed by atoms with Gasteiger partial charge < -0.3 is 15.2 Å². The Morgan fingerprint density at radius 2 is 2.33 bits per heavy atom. The van der Waals surface area contributed by atoms with Gasteiger partial charge in [-0.25, -0.2) is 4.79 Å². The second-order valence-electron chi connectivity index (χ2n) is 3.31. The fourth-order valence-electron chi connectivity index (χ4n) is 1.11. The number of benzene rings is 1. The molecular formula is C11H15NO3. The maximum Gasteiger partial charge on any atom is 0.335 e. The molecule has 0 radical (unpaired) electrons. The Balaban J connectivity index is 2.62. The van der Waals surface area contributed by atoms with Gasteiger partial charge >= 0.3 is 5.97 Å². The summed E-state index contributed by atoms with van der Waals surface area (Å²) in [6.45, 7) is 2.59. The molecule has 15 heavy (non-hydrogen) atoms. The SMILES string of the molecule is COC(C)CNc1cccc(C(=O)O)c1. The van der Waals surface area contributed by atoms with Crippen LogP contribution in [0.4, 0.5) is 5.69 Å². The van der Waals surface area contributed by atoms with Crippen LogP contribution in [-0.2, 0) is 4.74 Å². The summed E-state index contributed by atoms with van der Waals surface area (Å²) in [6, 6.07) is 6.70. The maximum atomic E-state index is 10.7. The minimum absolute atomic E-state index is 0.0958. The molecule has 0 spiro atoms. The maximum absolute atomic E-state index is 10.7. The number of carbonyl (C=O) groups is 1. The fourth-order valence-corrected chi connectivity index (χ4v) is 1.11. The minimum atomic E-state index is -0.918. The smallest absolute Gasteiger partial charge is 0.335 e. The first kappa shape index (κ1) is 11.5. The third kappa shape index (κ3) is 3.59. The lowest BCUT2D eigenvalue weighted by Gasteiger charge is -2.11. The highest BCUT2D eigenvalue weighted by molar-refractivity contribution is 5.88. The molecule has 0 saturated heterocycles. The van der Waals surface area contributed by atoms with Gasteiger partial charge in [-0.2, -0.15) is 0 Å². The predicted molar refractivity (Wildman–Crippen MR) is 58.4 cm³/mol. The van der Waals surface area contributed by atoms with Crippen molar-refractivity contribution in [1.82, 2.24) is 0 Å². The Bertz CT molecular complexity index is 338. The Morgan fingerprint density at radius 1 is 1.60 bits per heavy atom. The first-order valence-corrected chi connectivity index (χ1v) is 4.73. The highest BCUT2D eigenvalue weighted by Gasteiger charge is 2.03. The number of carboxylic acids is 1. The van der Waals surface area contributed by atoms with Crippen LogP contribution in [0, 0.1) is 0 Å². The van der Waals surface area contributed by atoms with Crippen LogP contribution in [-0.4, -0.2) is 30.8 Å². The Hall–Kier alpha value is -1.55. The number of carboxylic acid groups (broad SMARTS) is 1. The molecule has 0 aliphatic rings. The standard InChI is InChI=1S/C11H15NO3/c1-8(15-2)7-12-10-5-3-4-9(6-10)11(13)14/h3-6,8,12H,7H2,1-2H3,(H,13,14). The summed E-state index contributed by atoms with van der Waals surface area (Å²) in [6.07, 6.45) is 0.0958. The van der Waals surface area contributed by atoms with Crippen LogP contribution >= 0.6 is 0 Å². The van der Waals surface area contributed by atoms with Gasteiger partial charge in [-0.1, -0.05) is 6.07 Å². The van der Waals surface area contributed by atoms with Crippen LogP contribution < -0.4 is 5.32 Å². The largest absolute Gasteiger partial charge is 0.478 e. The number of methoxy groups -OCH3 is 1. The van der Waals surface area contributed by atoms with Crippen LogP contribution in [0.5, 0.6) is 0 Å². The van der Waals surface area contributed by atoms with Crippen molar-refractivity contribution in [1.29, 1.82) is 0 Å². The fraction of sp³-hybridized carbons (Fsp3) is 0.364. The molecule has 1 rings (SSSR count). The Morgan fingerprint density at radius 3 is 2.93 bits per heavy atom. The van der Waals surface area contributed by atoms with E-state index >= 15 is 0 Å². The van der Waals surface area contributed by atoms with Crippen LogP contribution in [0.2, 0.25) is 0 Å². The molecule has 2 N–H and O–H groups in total. The monoisotopic (exact) mass is 209 g/mol. The number of ether oxygens (including phenoxy) is 1. The van der Waals surface area contributed by atoms with Crippen molar-refractivity contribution in [3.8, 4) is 0 Å². The van der Waals surface area contributed by atoms with E-state index in [-0.39, 0.29) is 11.7 Å². The molecule has 1 aromatic carbocycles. The van der Waals surface area contributed by atoms with E-state index in [2.05, 4.69) is 5.32 Å². The van der Waals surface area contributed by atoms with Crippen molar-refractivity contribution < 1.29 is 14.6 Å². The van der Waals surface area contributed by atoms with Gasteiger partial charge in [0.2, 0.25) is 0 Å². The zero-order chi connectivity index (χ0) is 11.3. The molecule has 1 unspecified atom stereocenters. The van der Waals surface area contributed by atoms with Gasteiger partial charge in [0.15, 0.2) is 0 Å². The molecule has 0 amide bonds. The molecule has 0 bridgehead atoms. The molecule has 4 nitrogen and oxygen atoms in total. The van der Waals surface area contributed by atoms with Crippen LogP contribution in [0.3, 0.4) is 0 Å². The first-order chi connectivity index (χ1) is 7.13. The highest BCUT2D eigenvalue weighted by atomic mass is 16.5. The van der Waals surface area contributed by atoms with Crippen molar-refractivity contribution in [2.45, 2.75) is 13.0 Å². The second-order valence-corrected chi connectivity index (χ2v) is 3.31. The van der Waals surface area contributed by atoms with E-state index in [0.717, 1.165) is 5.69 Å². The van der Waals surface area contributed by atoms with E-state index in [1.807, 2.05) is 13.0 Å². The quantitative estimate of drug-likeness (QED) is 0.776. The second kappa shape index (κ2) is 5.36. The van der Waals surface area contributed by atoms with Gasteiger partial charge in [0, 0.05) is 19.3 Å². The zero-order valence-corrected chi connectivity index (χ0v) is 8.86. The van der Waals surface area contributed by atoms with E-state index in [4.69, 9.17) is 9.84 Å². The summed E-state index contributed by atoms with van der Waals surface area (Å²) in [4.78, 5) is 10.7. The predicted octanol–water partition coefficient (Wildman–Crippen LogP) is 1.83. The molecular weight excluding hydrogens is 194 g/mol. The van der Waals surface area contributed by atoms with E-state index in [9.17, 15) is 4.79 Å². The summed E-state index contributed by atoms with van der Waals surface area (Å²) < 4.78 is 5.07. The summed E-state index contributed by atoms with van der Waals surface area (Å²) in [7, 11) is 1.64. The van der Waals surface area contributed by atoms with Crippen molar-refractivity contribution in [3.05, 3.63) is 29.8 Å². The zero-order valence-electron chi connectivity index (χ0n) is 8.86. The topological polar surface area (TPSA) is 58.6 Å². The third-order valence-electron chi connectivity index (χ3n) is 2.11. The summed E-state index contributed by atoms with van der Waals surface area (Å²) >= 11 is 0. The lowest BCUT2D eigenvalue weighted by Crippen LogP contribution is -2.18. The number of nitrogens with one attached hydrogen (secondary N) is 1. The molecule has 0 fully saturated rings. The van der Waals surface area contributed by atoms with Gasteiger partial charge in [0.25, 0.3) is 0 Å². The summed E-state index contributed by atoms with van der Waals surface area (Å²) in [5.41, 5.74) is 1.07. The minimum Gasteiger partial charge on any atom is -0.478 e. The third-order valence-corrected chi connectivity index (χ3v) is 2.11. The normalized spacial score (nSPS) is 12.1. The molecule has 0 heterocycles. The van der Waals surface area contributed by atoms with Gasteiger partial charge in [-0.3, -0.25) is 0 Å². The molecule has 0 aliphatic carbocycles. The molecule has 1 atom stereocenters. The molecule has 82 valence electrons. The van der Waals surface area contributed by atoms with Gasteiger partial charge in [-0.15, -0.1) is 0 Å². The molecule has 0 aromatic heterocycles. The molecule has 1 aromatic rings. The van der Waals surface area contributed by atoms with Crippen LogP contribution in [0.25, 0.3) is 0 Å². The first-order valence-electron chi connectivity index (χ1n) is 4.73. The Labute approximate surface area is 88.9 Å². The number of hydrogen-bond donors (Lipinski definition) is 2. The molecule has 0 saturated carbocycles. The lowest BCUT2D eigenvalue weighted by molar-refractivity contribution is 0.0697. The van der Waals surface area contributed by atoms with Crippen molar-refractivity contribution in [2.24, 2.45) is 0 Å². The van der Waals surface area contributed by atoms with Crippen molar-refractivity contribution >= 4 is 11.7 Å². The van der Waals surface area contributed by atoms with E-state index in [0.29, 0.717) is 6.54 Å². The highest BCUT2D eigenvalue weighted by Crippen LogP contribution is 2.10. The van der Waals surface area contributed by atoms with Gasteiger partial charge in [0.05, 0.1) is 11.7 Å². The number of aromatic carboxylic acids is 1. The van der Waals surface area contributed by atoms with Crippen molar-refractivity contribution in [2.75, 3.05) is 19.0 Å². The van der Waals surface area contributed by atoms with E-state index in [1.165, 1.54) is 0 Å². The average Bonchev–Trinajstić information content (AvgIpc) is 2.26. The number of anilines is 1. The molecule has 4 heteroatoms. The number of rotatable bonds is 5. The lowest BCUT2D eigenvalue weighted by atomic mass is 10.2. The van der Waals surface area contributed by atoms with E-state index < -0.39 is 5.97 Å². The van der Waals surface area contributed by atoms with Crippen LogP contribution in [0.15, 0.2) is 24.3 Å². The van der Waals surface area contributed by atoms with E-state index in [1.54, 1.807) is 25.3 Å². The average molecular weight is 209 g/mol. The number of hydrogen-bond acceptors (Lipinski definition) is 3. The summed E-state index contributed by atoms with van der Waals surface area (Å²) in [5.74, 6) is -0.918.